The minimum atomic E-state index is -4.87. The number of methoxy groups -OCH3 is 1. The monoisotopic (exact) mass is 340 g/mol. The van der Waals surface area contributed by atoms with E-state index in [1.54, 1.807) is 0 Å². The van der Waals surface area contributed by atoms with Gasteiger partial charge in [0.2, 0.25) is 6.04 Å². The number of urea groups is 1. The lowest BCUT2D eigenvalue weighted by atomic mass is 10.00. The third-order valence-electron chi connectivity index (χ3n) is 3.71. The number of fused-ring (bicyclic) bond motifs is 2. The molecule has 2 fully saturated rings. The average Bonchev–Trinajstić information content (AvgIpc) is 2.60. The van der Waals surface area contributed by atoms with Crippen molar-refractivity contribution in [1.29, 1.82) is 0 Å². The molecule has 0 radical (unpaired) electrons. The zero-order valence-corrected chi connectivity index (χ0v) is 12.7. The average molecular weight is 340 g/mol. The Kier molecular flexibility index (Phi) is 4.70. The lowest BCUT2D eigenvalue weighted by Crippen LogP contribution is -2.63. The number of amides is 3. The minimum Gasteiger partial charge on any atom is -0.382 e. The molecule has 2 rings (SSSR count). The Labute approximate surface area is 126 Å². The number of quaternary nitrogens is 1. The molecule has 0 aliphatic carbocycles. The fraction of sp³-hybridized carbons (Fsp3) is 0.800. The van der Waals surface area contributed by atoms with Crippen LogP contribution in [-0.2, 0) is 29.1 Å². The van der Waals surface area contributed by atoms with Gasteiger partial charge in [-0.05, 0) is 6.42 Å². The van der Waals surface area contributed by atoms with Crippen molar-refractivity contribution in [2.75, 3.05) is 26.9 Å². The van der Waals surface area contributed by atoms with E-state index in [9.17, 15) is 18.0 Å². The summed E-state index contributed by atoms with van der Waals surface area (Å²) in [6, 6.07) is -2.51. The first-order valence-corrected chi connectivity index (χ1v) is 7.89. The molecule has 0 saturated carbocycles. The van der Waals surface area contributed by atoms with E-state index < -0.39 is 39.1 Å². The Morgan fingerprint density at radius 2 is 2.14 bits per heavy atom. The molecule has 1 unspecified atom stereocenters. The number of ether oxygens (including phenoxy) is 1. The number of piperidine rings is 1. The summed E-state index contributed by atoms with van der Waals surface area (Å²) in [5.41, 5.74) is 5.33. The van der Waals surface area contributed by atoms with Crippen LogP contribution in [0.5, 0.6) is 0 Å². The van der Waals surface area contributed by atoms with Gasteiger partial charge in [0.15, 0.2) is 0 Å². The second-order valence-corrected chi connectivity index (χ2v) is 6.07. The van der Waals surface area contributed by atoms with Crippen molar-refractivity contribution in [1.82, 2.24) is 5.06 Å². The van der Waals surface area contributed by atoms with E-state index in [2.05, 4.69) is 4.28 Å². The standard InChI is InChI=1S/C10H17N3O8S/c1-19-4-5-20-13-6-7(2-3-8(13)9(11)14)12(10(13)15)21-22(16,17)18/h7-8H,2-6H2,1H3,(H2-,11,14,16,17,18)/p+1/t7-,8+,13?/m1/s1. The molecule has 3 amide bonds. The van der Waals surface area contributed by atoms with Gasteiger partial charge in [-0.15, -0.1) is 9.35 Å². The second-order valence-electron chi connectivity index (χ2n) is 5.06. The van der Waals surface area contributed by atoms with Gasteiger partial charge in [-0.3, -0.25) is 9.35 Å². The zero-order valence-electron chi connectivity index (χ0n) is 11.9. The molecule has 0 spiro atoms. The number of hydrogen-bond acceptors (Lipinski definition) is 7. The molecule has 126 valence electrons. The first kappa shape index (κ1) is 17.1. The van der Waals surface area contributed by atoms with Crippen LogP contribution < -0.4 is 5.73 Å². The predicted molar refractivity (Wildman–Crippen MR) is 68.8 cm³/mol. The number of rotatable bonds is 7. The molecular formula is C10H18N3O8S+. The number of primary amides is 1. The SMILES string of the molecule is COCCO[N+]12C[C@@H](CC[C@H]1C(N)=O)N(OS(=O)(=O)O)C2=O. The summed E-state index contributed by atoms with van der Waals surface area (Å²) in [7, 11) is -3.43. The van der Waals surface area contributed by atoms with Crippen molar-refractivity contribution >= 4 is 22.3 Å². The summed E-state index contributed by atoms with van der Waals surface area (Å²) >= 11 is 0. The molecule has 0 aromatic heterocycles. The molecule has 2 aliphatic heterocycles. The van der Waals surface area contributed by atoms with Crippen molar-refractivity contribution < 1.29 is 41.1 Å². The Morgan fingerprint density at radius 3 is 2.68 bits per heavy atom. The predicted octanol–water partition coefficient (Wildman–Crippen LogP) is -1.43. The van der Waals surface area contributed by atoms with Crippen LogP contribution in [0.1, 0.15) is 12.8 Å². The summed E-state index contributed by atoms with van der Waals surface area (Å²) in [4.78, 5) is 29.7. The van der Waals surface area contributed by atoms with Crippen LogP contribution in [0.2, 0.25) is 0 Å². The summed E-state index contributed by atoms with van der Waals surface area (Å²) < 4.78 is 38.9. The van der Waals surface area contributed by atoms with Crippen LogP contribution >= 0.6 is 0 Å². The lowest BCUT2D eigenvalue weighted by molar-refractivity contribution is -1.05. The topological polar surface area (TPSA) is 145 Å². The van der Waals surface area contributed by atoms with E-state index in [4.69, 9.17) is 19.9 Å². The van der Waals surface area contributed by atoms with Gasteiger partial charge in [-0.25, -0.2) is 4.79 Å². The van der Waals surface area contributed by atoms with Gasteiger partial charge in [0.1, 0.15) is 19.2 Å². The van der Waals surface area contributed by atoms with Crippen LogP contribution in [-0.4, -0.2) is 73.6 Å². The van der Waals surface area contributed by atoms with E-state index in [0.717, 1.165) is 0 Å². The second kappa shape index (κ2) is 6.06. The van der Waals surface area contributed by atoms with Gasteiger partial charge in [0.25, 0.3) is 5.91 Å². The van der Waals surface area contributed by atoms with Gasteiger partial charge in [-0.2, -0.15) is 13.3 Å². The molecule has 11 nitrogen and oxygen atoms in total. The number of hydrogen-bond donors (Lipinski definition) is 2. The van der Waals surface area contributed by atoms with Gasteiger partial charge in [0.05, 0.1) is 6.61 Å². The summed E-state index contributed by atoms with van der Waals surface area (Å²) in [6.07, 6.45) is 0.520. The number of nitrogens with zero attached hydrogens (tertiary/aromatic N) is 2. The van der Waals surface area contributed by atoms with E-state index in [0.29, 0.717) is 11.5 Å². The third kappa shape index (κ3) is 3.06. The van der Waals surface area contributed by atoms with Crippen molar-refractivity contribution in [3.63, 3.8) is 0 Å². The third-order valence-corrected chi connectivity index (χ3v) is 4.06. The van der Waals surface area contributed by atoms with E-state index in [1.807, 2.05) is 0 Å². The van der Waals surface area contributed by atoms with Crippen LogP contribution in [0.25, 0.3) is 0 Å². The summed E-state index contributed by atoms with van der Waals surface area (Å²) in [5.74, 6) is -0.738. The Bertz CT molecular complexity index is 567. The fourth-order valence-electron chi connectivity index (χ4n) is 2.84. The lowest BCUT2D eigenvalue weighted by Gasteiger charge is -2.35. The Morgan fingerprint density at radius 1 is 1.45 bits per heavy atom. The molecule has 0 aromatic rings. The van der Waals surface area contributed by atoms with Crippen LogP contribution in [0.3, 0.4) is 0 Å². The Balaban J connectivity index is 2.30. The first-order chi connectivity index (χ1) is 10.2. The number of nitrogens with two attached hydrogens (primary N) is 1. The van der Waals surface area contributed by atoms with Crippen molar-refractivity contribution in [3.05, 3.63) is 0 Å². The Hall–Kier alpha value is -1.31. The molecular weight excluding hydrogens is 322 g/mol. The molecule has 2 aliphatic rings. The normalized spacial score (nSPS) is 31.5. The highest BCUT2D eigenvalue weighted by Gasteiger charge is 2.65. The van der Waals surface area contributed by atoms with Crippen molar-refractivity contribution in [3.8, 4) is 0 Å². The molecule has 2 saturated heterocycles. The molecule has 0 aromatic carbocycles. The summed E-state index contributed by atoms with van der Waals surface area (Å²) in [5, 5.41) is 0.533. The largest absolute Gasteiger partial charge is 0.477 e. The van der Waals surface area contributed by atoms with Crippen molar-refractivity contribution in [2.24, 2.45) is 5.73 Å². The quantitative estimate of drug-likeness (QED) is 0.326. The minimum absolute atomic E-state index is 0.00153. The molecule has 3 N–H and O–H groups in total. The smallest absolute Gasteiger partial charge is 0.382 e. The van der Waals surface area contributed by atoms with E-state index in [1.165, 1.54) is 7.11 Å². The van der Waals surface area contributed by atoms with E-state index in [-0.39, 0.29) is 26.2 Å². The summed E-state index contributed by atoms with van der Waals surface area (Å²) in [6.45, 7) is 0.159. The fourth-order valence-corrected chi connectivity index (χ4v) is 3.23. The van der Waals surface area contributed by atoms with Crippen molar-refractivity contribution in [2.45, 2.75) is 24.9 Å². The molecule has 22 heavy (non-hydrogen) atoms. The molecule has 3 atom stereocenters. The first-order valence-electron chi connectivity index (χ1n) is 6.52. The zero-order chi connectivity index (χ0) is 16.5. The van der Waals surface area contributed by atoms with Crippen LogP contribution in [0, 0.1) is 0 Å². The van der Waals surface area contributed by atoms with Gasteiger partial charge < -0.3 is 10.5 Å². The molecule has 12 heteroatoms. The number of carbonyl (C=O) groups is 2. The van der Waals surface area contributed by atoms with Gasteiger partial charge >= 0.3 is 16.4 Å². The van der Waals surface area contributed by atoms with Gasteiger partial charge in [0, 0.05) is 13.5 Å². The van der Waals surface area contributed by atoms with Crippen LogP contribution in [0.4, 0.5) is 4.79 Å². The molecule has 2 bridgehead atoms. The highest BCUT2D eigenvalue weighted by molar-refractivity contribution is 7.80. The van der Waals surface area contributed by atoms with Crippen LogP contribution in [0.15, 0.2) is 0 Å². The molecule has 2 heterocycles. The maximum Gasteiger partial charge on any atom is 0.477 e. The highest BCUT2D eigenvalue weighted by atomic mass is 32.3. The number of carbonyl (C=O) groups excluding carboxylic acids is 2. The van der Waals surface area contributed by atoms with E-state index >= 15 is 0 Å². The van der Waals surface area contributed by atoms with Gasteiger partial charge in [-0.1, -0.05) is 4.65 Å². The maximum absolute atomic E-state index is 12.5. The maximum atomic E-state index is 12.5. The number of hydroxylamine groups is 5. The highest BCUT2D eigenvalue weighted by Crippen LogP contribution is 2.38.